The molecule has 0 aliphatic carbocycles. The van der Waals surface area contributed by atoms with Crippen molar-refractivity contribution in [1.82, 2.24) is 0 Å². The summed E-state index contributed by atoms with van der Waals surface area (Å²) in [6.07, 6.45) is 0.937. The van der Waals surface area contributed by atoms with E-state index >= 15 is 0 Å². The molecule has 0 fully saturated rings. The smallest absolute Gasteiger partial charge is 0.125 e. The standard InChI is InChI=1S/C17H18BrFN2/c1-11(20)17(13-3-2-4-14(18)9-13)21-8-7-12-5-6-15(19)10-16(12)21/h2-6,9-11,17H,7-8,20H2,1H3. The van der Waals surface area contributed by atoms with Crippen molar-refractivity contribution in [1.29, 1.82) is 0 Å². The number of rotatable bonds is 3. The van der Waals surface area contributed by atoms with Crippen LogP contribution in [0.4, 0.5) is 10.1 Å². The predicted molar refractivity (Wildman–Crippen MR) is 88.0 cm³/mol. The van der Waals surface area contributed by atoms with Crippen molar-refractivity contribution in [3.63, 3.8) is 0 Å². The molecule has 0 radical (unpaired) electrons. The summed E-state index contributed by atoms with van der Waals surface area (Å²) < 4.78 is 14.6. The van der Waals surface area contributed by atoms with Gasteiger partial charge in [-0.1, -0.05) is 34.1 Å². The van der Waals surface area contributed by atoms with E-state index in [1.807, 2.05) is 25.1 Å². The van der Waals surface area contributed by atoms with Crippen LogP contribution in [-0.2, 0) is 6.42 Å². The van der Waals surface area contributed by atoms with Gasteiger partial charge in [-0.3, -0.25) is 0 Å². The van der Waals surface area contributed by atoms with E-state index in [-0.39, 0.29) is 17.9 Å². The highest BCUT2D eigenvalue weighted by Gasteiger charge is 2.30. The zero-order valence-corrected chi connectivity index (χ0v) is 13.5. The van der Waals surface area contributed by atoms with Gasteiger partial charge in [0, 0.05) is 22.7 Å². The quantitative estimate of drug-likeness (QED) is 0.906. The van der Waals surface area contributed by atoms with Gasteiger partial charge in [-0.05, 0) is 48.7 Å². The molecular weight excluding hydrogens is 331 g/mol. The fraction of sp³-hybridized carbons (Fsp3) is 0.294. The van der Waals surface area contributed by atoms with Gasteiger partial charge < -0.3 is 10.6 Å². The van der Waals surface area contributed by atoms with Gasteiger partial charge in [-0.2, -0.15) is 0 Å². The summed E-state index contributed by atoms with van der Waals surface area (Å²) in [7, 11) is 0. The molecule has 0 saturated carbocycles. The first kappa shape index (κ1) is 14.5. The number of benzene rings is 2. The largest absolute Gasteiger partial charge is 0.362 e. The summed E-state index contributed by atoms with van der Waals surface area (Å²) >= 11 is 3.51. The topological polar surface area (TPSA) is 29.3 Å². The third-order valence-electron chi connectivity index (χ3n) is 4.00. The molecule has 21 heavy (non-hydrogen) atoms. The van der Waals surface area contributed by atoms with Crippen LogP contribution in [0.15, 0.2) is 46.9 Å². The summed E-state index contributed by atoms with van der Waals surface area (Å²) in [5.41, 5.74) is 9.55. The monoisotopic (exact) mass is 348 g/mol. The SMILES string of the molecule is CC(N)C(c1cccc(Br)c1)N1CCc2ccc(F)cc21. The second kappa shape index (κ2) is 5.78. The first-order chi connectivity index (χ1) is 10.1. The fourth-order valence-electron chi connectivity index (χ4n) is 3.12. The van der Waals surface area contributed by atoms with Crippen molar-refractivity contribution in [3.05, 3.63) is 63.9 Å². The first-order valence-electron chi connectivity index (χ1n) is 7.12. The third kappa shape index (κ3) is 2.83. The van der Waals surface area contributed by atoms with Crippen molar-refractivity contribution < 1.29 is 4.39 Å². The van der Waals surface area contributed by atoms with E-state index in [1.165, 1.54) is 11.6 Å². The molecule has 1 aliphatic heterocycles. The summed E-state index contributed by atoms with van der Waals surface area (Å²) in [5, 5.41) is 0. The second-order valence-electron chi connectivity index (χ2n) is 5.58. The Balaban J connectivity index is 2.03. The average Bonchev–Trinajstić information content (AvgIpc) is 2.82. The van der Waals surface area contributed by atoms with E-state index in [4.69, 9.17) is 5.73 Å². The Kier molecular flexibility index (Phi) is 4.00. The van der Waals surface area contributed by atoms with E-state index in [0.29, 0.717) is 0 Å². The van der Waals surface area contributed by atoms with Gasteiger partial charge in [0.25, 0.3) is 0 Å². The lowest BCUT2D eigenvalue weighted by Crippen LogP contribution is -2.38. The molecule has 3 rings (SSSR count). The van der Waals surface area contributed by atoms with Crippen molar-refractivity contribution in [2.45, 2.75) is 25.4 Å². The maximum Gasteiger partial charge on any atom is 0.125 e. The molecule has 4 heteroatoms. The minimum atomic E-state index is -0.196. The van der Waals surface area contributed by atoms with E-state index < -0.39 is 0 Å². The minimum Gasteiger partial charge on any atom is -0.362 e. The maximum atomic E-state index is 13.6. The lowest BCUT2D eigenvalue weighted by atomic mass is 9.99. The highest BCUT2D eigenvalue weighted by molar-refractivity contribution is 9.10. The van der Waals surface area contributed by atoms with Crippen molar-refractivity contribution in [2.24, 2.45) is 5.73 Å². The lowest BCUT2D eigenvalue weighted by molar-refractivity contribution is 0.540. The first-order valence-corrected chi connectivity index (χ1v) is 7.91. The van der Waals surface area contributed by atoms with Crippen LogP contribution in [0.25, 0.3) is 0 Å². The molecular formula is C17H18BrFN2. The molecule has 110 valence electrons. The van der Waals surface area contributed by atoms with Crippen LogP contribution in [0.3, 0.4) is 0 Å². The van der Waals surface area contributed by atoms with Crippen LogP contribution in [0.5, 0.6) is 0 Å². The van der Waals surface area contributed by atoms with E-state index in [2.05, 4.69) is 33.0 Å². The number of fused-ring (bicyclic) bond motifs is 1. The van der Waals surface area contributed by atoms with Crippen molar-refractivity contribution in [2.75, 3.05) is 11.4 Å². The molecule has 0 amide bonds. The van der Waals surface area contributed by atoms with E-state index in [9.17, 15) is 4.39 Å². The predicted octanol–water partition coefficient (Wildman–Crippen LogP) is 4.04. The highest BCUT2D eigenvalue weighted by Crippen LogP contribution is 2.37. The second-order valence-corrected chi connectivity index (χ2v) is 6.49. The van der Waals surface area contributed by atoms with Crippen molar-refractivity contribution in [3.8, 4) is 0 Å². The number of anilines is 1. The Hall–Kier alpha value is -1.39. The number of nitrogens with two attached hydrogens (primary N) is 1. The Morgan fingerprint density at radius 2 is 2.05 bits per heavy atom. The minimum absolute atomic E-state index is 0.0468. The van der Waals surface area contributed by atoms with Gasteiger partial charge in [-0.25, -0.2) is 4.39 Å². The number of hydrogen-bond acceptors (Lipinski definition) is 2. The molecule has 0 spiro atoms. The van der Waals surface area contributed by atoms with Crippen LogP contribution in [-0.4, -0.2) is 12.6 Å². The molecule has 0 bridgehead atoms. The molecule has 1 heterocycles. The molecule has 2 aromatic rings. The van der Waals surface area contributed by atoms with Gasteiger partial charge in [0.15, 0.2) is 0 Å². The van der Waals surface area contributed by atoms with E-state index in [1.54, 1.807) is 6.07 Å². The third-order valence-corrected chi connectivity index (χ3v) is 4.50. The molecule has 1 aliphatic rings. The Morgan fingerprint density at radius 3 is 2.76 bits per heavy atom. The lowest BCUT2D eigenvalue weighted by Gasteiger charge is -2.33. The molecule has 0 aromatic heterocycles. The van der Waals surface area contributed by atoms with Crippen molar-refractivity contribution >= 4 is 21.6 Å². The Bertz CT molecular complexity index is 657. The van der Waals surface area contributed by atoms with Gasteiger partial charge in [0.1, 0.15) is 5.82 Å². The van der Waals surface area contributed by atoms with Crippen LogP contribution < -0.4 is 10.6 Å². The van der Waals surface area contributed by atoms with Crippen LogP contribution in [0.2, 0.25) is 0 Å². The molecule has 0 saturated heterocycles. The summed E-state index contributed by atoms with van der Waals surface area (Å²) in [5.74, 6) is -0.196. The fourth-order valence-corrected chi connectivity index (χ4v) is 3.54. The van der Waals surface area contributed by atoms with Gasteiger partial charge in [-0.15, -0.1) is 0 Å². The van der Waals surface area contributed by atoms with Gasteiger partial charge in [0.05, 0.1) is 6.04 Å². The number of hydrogen-bond donors (Lipinski definition) is 1. The average molecular weight is 349 g/mol. The normalized spacial score (nSPS) is 16.7. The summed E-state index contributed by atoms with van der Waals surface area (Å²) in [4.78, 5) is 2.23. The van der Waals surface area contributed by atoms with Gasteiger partial charge in [0.2, 0.25) is 0 Å². The number of nitrogens with zero attached hydrogens (tertiary/aromatic N) is 1. The zero-order valence-electron chi connectivity index (χ0n) is 11.9. The summed E-state index contributed by atoms with van der Waals surface area (Å²) in [6, 6.07) is 13.2. The van der Waals surface area contributed by atoms with Crippen LogP contribution >= 0.6 is 15.9 Å². The van der Waals surface area contributed by atoms with E-state index in [0.717, 1.165) is 28.7 Å². The number of halogens is 2. The van der Waals surface area contributed by atoms with Crippen LogP contribution in [0, 0.1) is 5.82 Å². The highest BCUT2D eigenvalue weighted by atomic mass is 79.9. The maximum absolute atomic E-state index is 13.6. The molecule has 2 atom stereocenters. The molecule has 2 aromatic carbocycles. The Morgan fingerprint density at radius 1 is 1.24 bits per heavy atom. The zero-order chi connectivity index (χ0) is 15.0. The molecule has 2 nitrogen and oxygen atoms in total. The van der Waals surface area contributed by atoms with Gasteiger partial charge >= 0.3 is 0 Å². The molecule has 2 unspecified atom stereocenters. The van der Waals surface area contributed by atoms with Crippen LogP contribution in [0.1, 0.15) is 24.1 Å². The Labute approximate surface area is 132 Å². The molecule has 2 N–H and O–H groups in total. The summed E-state index contributed by atoms with van der Waals surface area (Å²) in [6.45, 7) is 2.88.